The number of benzene rings is 3. The van der Waals surface area contributed by atoms with Crippen molar-refractivity contribution < 1.29 is 24.5 Å². The van der Waals surface area contributed by atoms with Crippen molar-refractivity contribution in [2.75, 3.05) is 38.2 Å². The van der Waals surface area contributed by atoms with Crippen molar-refractivity contribution >= 4 is 29.2 Å². The fourth-order valence-corrected chi connectivity index (χ4v) is 3.63. The Morgan fingerprint density at radius 1 is 1.03 bits per heavy atom. The molecule has 1 heterocycles. The van der Waals surface area contributed by atoms with Gasteiger partial charge >= 0.3 is 5.97 Å². The number of nitro benzene ring substituents is 1. The van der Waals surface area contributed by atoms with E-state index in [-0.39, 0.29) is 17.0 Å². The molecule has 3 aromatic carbocycles. The van der Waals surface area contributed by atoms with Crippen molar-refractivity contribution in [1.82, 2.24) is 0 Å². The maximum absolute atomic E-state index is 12.4. The average Bonchev–Trinajstić information content (AvgIpc) is 2.89. The molecule has 4 rings (SSSR count). The van der Waals surface area contributed by atoms with E-state index in [4.69, 9.17) is 9.47 Å². The van der Waals surface area contributed by atoms with Gasteiger partial charge in [-0.15, -0.1) is 0 Å². The predicted octanol–water partition coefficient (Wildman–Crippen LogP) is 2.96. The predicted molar refractivity (Wildman–Crippen MR) is 129 cm³/mol. The van der Waals surface area contributed by atoms with Gasteiger partial charge in [0.1, 0.15) is 0 Å². The maximum atomic E-state index is 12.4. The zero-order valence-electron chi connectivity index (χ0n) is 18.7. The summed E-state index contributed by atoms with van der Waals surface area (Å²) in [4.78, 5) is 29.6. The topological polar surface area (TPSA) is 111 Å². The molecule has 1 aliphatic rings. The molecule has 3 aromatic rings. The number of aliphatic imine (C=N–C) groups is 1. The number of nitrogens with zero attached hydrogens (tertiary/aromatic N) is 3. The number of nitrogens with two attached hydrogens (primary N) is 1. The number of carbonyl (C=O) groups is 1. The third kappa shape index (κ3) is 5.57. The van der Waals surface area contributed by atoms with Gasteiger partial charge in [-0.25, -0.2) is 4.79 Å². The minimum absolute atomic E-state index is 0.0995. The van der Waals surface area contributed by atoms with Gasteiger partial charge in [0.2, 0.25) is 0 Å². The first kappa shape index (κ1) is 22.9. The van der Waals surface area contributed by atoms with Crippen LogP contribution in [0, 0.1) is 10.1 Å². The highest BCUT2D eigenvalue weighted by atomic mass is 16.6. The van der Waals surface area contributed by atoms with Gasteiger partial charge in [0, 0.05) is 24.0 Å². The van der Waals surface area contributed by atoms with Gasteiger partial charge in [-0.3, -0.25) is 15.1 Å². The van der Waals surface area contributed by atoms with Crippen LogP contribution in [0.3, 0.4) is 0 Å². The van der Waals surface area contributed by atoms with E-state index in [1.54, 1.807) is 24.4 Å². The Labute approximate surface area is 196 Å². The van der Waals surface area contributed by atoms with Crippen molar-refractivity contribution in [3.05, 3.63) is 88.0 Å². The van der Waals surface area contributed by atoms with Crippen molar-refractivity contribution in [3.63, 3.8) is 0 Å². The summed E-state index contributed by atoms with van der Waals surface area (Å²) < 4.78 is 10.8. The lowest BCUT2D eigenvalue weighted by Gasteiger charge is -2.27. The standard InChI is InChI=1S/C25H24N4O5/c1-33-24-16-18(17-27-20-5-9-21(10-6-20)28-14-12-26-13-15-28)2-11-23(24)34-25(30)19-3-7-22(8-4-19)29(31)32/h2-11,16-17,26H,12-15H2,1H3/p+1. The van der Waals surface area contributed by atoms with Crippen LogP contribution in [0.25, 0.3) is 0 Å². The second kappa shape index (κ2) is 10.6. The summed E-state index contributed by atoms with van der Waals surface area (Å²) in [5.41, 5.74) is 2.91. The van der Waals surface area contributed by atoms with Crippen LogP contribution in [-0.2, 0) is 0 Å². The molecule has 9 heteroatoms. The zero-order valence-corrected chi connectivity index (χ0v) is 18.7. The maximum Gasteiger partial charge on any atom is 0.343 e. The number of carbonyl (C=O) groups excluding carboxylic acids is 1. The number of piperazine rings is 1. The first-order valence-electron chi connectivity index (χ1n) is 10.9. The van der Waals surface area contributed by atoms with E-state index < -0.39 is 10.9 Å². The normalized spacial score (nSPS) is 13.6. The number of nitro groups is 1. The number of ether oxygens (including phenoxy) is 2. The smallest absolute Gasteiger partial charge is 0.343 e. The van der Waals surface area contributed by atoms with E-state index in [1.165, 1.54) is 37.1 Å². The molecule has 0 amide bonds. The molecule has 1 fully saturated rings. The molecule has 0 saturated carbocycles. The summed E-state index contributed by atoms with van der Waals surface area (Å²) in [6.07, 6.45) is 1.72. The van der Waals surface area contributed by atoms with E-state index in [0.29, 0.717) is 5.75 Å². The average molecular weight is 461 g/mol. The van der Waals surface area contributed by atoms with Crippen LogP contribution in [-0.4, -0.2) is 50.4 Å². The van der Waals surface area contributed by atoms with Crippen LogP contribution in [0.1, 0.15) is 15.9 Å². The number of non-ortho nitro benzene ring substituents is 1. The van der Waals surface area contributed by atoms with Crippen LogP contribution >= 0.6 is 0 Å². The molecule has 1 aliphatic heterocycles. The largest absolute Gasteiger partial charge is 0.493 e. The van der Waals surface area contributed by atoms with Gasteiger partial charge < -0.3 is 19.7 Å². The molecule has 174 valence electrons. The Balaban J connectivity index is 1.42. The highest BCUT2D eigenvalue weighted by Gasteiger charge is 2.15. The summed E-state index contributed by atoms with van der Waals surface area (Å²) in [6, 6.07) is 18.5. The molecule has 34 heavy (non-hydrogen) atoms. The summed E-state index contributed by atoms with van der Waals surface area (Å²) in [5, 5.41) is 13.1. The molecular weight excluding hydrogens is 436 g/mol. The third-order valence-corrected chi connectivity index (χ3v) is 5.49. The fourth-order valence-electron chi connectivity index (χ4n) is 3.63. The van der Waals surface area contributed by atoms with Crippen molar-refractivity contribution in [2.24, 2.45) is 4.99 Å². The number of methoxy groups -OCH3 is 1. The molecule has 0 atom stereocenters. The van der Waals surface area contributed by atoms with E-state index in [9.17, 15) is 14.9 Å². The molecule has 0 unspecified atom stereocenters. The molecule has 1 saturated heterocycles. The highest BCUT2D eigenvalue weighted by molar-refractivity contribution is 5.92. The molecule has 0 aromatic heterocycles. The van der Waals surface area contributed by atoms with Crippen LogP contribution in [0.4, 0.5) is 17.1 Å². The lowest BCUT2D eigenvalue weighted by molar-refractivity contribution is -0.655. The monoisotopic (exact) mass is 461 g/mol. The summed E-state index contributed by atoms with van der Waals surface area (Å²) in [5.74, 6) is -0.0242. The Kier molecular flexibility index (Phi) is 7.14. The van der Waals surface area contributed by atoms with Gasteiger partial charge in [-0.1, -0.05) is 0 Å². The first-order chi connectivity index (χ1) is 16.5. The van der Waals surface area contributed by atoms with Gasteiger partial charge in [0.15, 0.2) is 11.5 Å². The SMILES string of the molecule is COc1cc(C=Nc2ccc(N3CC[NH2+]CC3)cc2)ccc1OC(=O)c1ccc([N+](=O)[O-])cc1. The lowest BCUT2D eigenvalue weighted by atomic mass is 10.2. The molecule has 9 nitrogen and oxygen atoms in total. The number of anilines is 1. The number of esters is 1. The van der Waals surface area contributed by atoms with E-state index in [2.05, 4.69) is 27.3 Å². The Bertz CT molecular complexity index is 1190. The fraction of sp³-hybridized carbons (Fsp3) is 0.200. The van der Waals surface area contributed by atoms with Crippen LogP contribution in [0.15, 0.2) is 71.7 Å². The van der Waals surface area contributed by atoms with E-state index in [1.807, 2.05) is 12.1 Å². The van der Waals surface area contributed by atoms with Gasteiger partial charge in [-0.2, -0.15) is 0 Å². The van der Waals surface area contributed by atoms with Crippen LogP contribution in [0.5, 0.6) is 11.5 Å². The van der Waals surface area contributed by atoms with Crippen LogP contribution in [0.2, 0.25) is 0 Å². The molecule has 0 aliphatic carbocycles. The minimum atomic E-state index is -0.638. The number of hydrogen-bond donors (Lipinski definition) is 1. The molecular formula is C25H25N4O5+. The van der Waals surface area contributed by atoms with Crippen molar-refractivity contribution in [3.8, 4) is 11.5 Å². The van der Waals surface area contributed by atoms with E-state index >= 15 is 0 Å². The Hall–Kier alpha value is -4.24. The second-order valence-electron chi connectivity index (χ2n) is 7.73. The highest BCUT2D eigenvalue weighted by Crippen LogP contribution is 2.29. The second-order valence-corrected chi connectivity index (χ2v) is 7.73. The number of rotatable bonds is 7. The summed E-state index contributed by atoms with van der Waals surface area (Å²) in [6.45, 7) is 4.31. The Morgan fingerprint density at radius 3 is 2.38 bits per heavy atom. The molecule has 0 radical (unpaired) electrons. The van der Waals surface area contributed by atoms with Crippen molar-refractivity contribution in [2.45, 2.75) is 0 Å². The zero-order chi connectivity index (χ0) is 23.9. The summed E-state index contributed by atoms with van der Waals surface area (Å²) in [7, 11) is 1.48. The Morgan fingerprint density at radius 2 is 1.74 bits per heavy atom. The molecule has 2 N–H and O–H groups in total. The van der Waals surface area contributed by atoms with Crippen LogP contribution < -0.4 is 19.7 Å². The van der Waals surface area contributed by atoms with Gasteiger partial charge in [-0.05, 0) is 60.2 Å². The molecule has 0 spiro atoms. The van der Waals surface area contributed by atoms with Crippen molar-refractivity contribution in [1.29, 1.82) is 0 Å². The number of quaternary nitrogens is 1. The summed E-state index contributed by atoms with van der Waals surface area (Å²) >= 11 is 0. The number of hydrogen-bond acceptors (Lipinski definition) is 7. The van der Waals surface area contributed by atoms with Gasteiger partial charge in [0.05, 0.1) is 49.5 Å². The van der Waals surface area contributed by atoms with E-state index in [0.717, 1.165) is 37.4 Å². The molecule has 0 bridgehead atoms. The van der Waals surface area contributed by atoms with Gasteiger partial charge in [0.25, 0.3) is 5.69 Å². The minimum Gasteiger partial charge on any atom is -0.493 e. The quantitative estimate of drug-likeness (QED) is 0.190. The lowest BCUT2D eigenvalue weighted by Crippen LogP contribution is -2.89. The first-order valence-corrected chi connectivity index (χ1v) is 10.9. The third-order valence-electron chi connectivity index (χ3n) is 5.49.